The molecule has 0 radical (unpaired) electrons. The van der Waals surface area contributed by atoms with E-state index in [-0.39, 0.29) is 5.63 Å². The molecule has 1 aromatic carbocycles. The van der Waals surface area contributed by atoms with Gasteiger partial charge in [0.1, 0.15) is 17.9 Å². The van der Waals surface area contributed by atoms with Crippen molar-refractivity contribution in [2.75, 3.05) is 6.61 Å². The smallest absolute Gasteiger partial charge is 0.336 e. The van der Waals surface area contributed by atoms with Gasteiger partial charge in [-0.3, -0.25) is 0 Å². The highest BCUT2D eigenvalue weighted by Crippen LogP contribution is 2.19. The van der Waals surface area contributed by atoms with E-state index in [2.05, 4.69) is 0 Å². The molecule has 16 heavy (non-hydrogen) atoms. The van der Waals surface area contributed by atoms with Crippen LogP contribution in [-0.2, 0) is 0 Å². The van der Waals surface area contributed by atoms with Crippen LogP contribution in [0.3, 0.4) is 0 Å². The summed E-state index contributed by atoms with van der Waals surface area (Å²) in [7, 11) is 0. The van der Waals surface area contributed by atoms with E-state index in [0.29, 0.717) is 24.4 Å². The summed E-state index contributed by atoms with van der Waals surface area (Å²) < 4.78 is 10.3. The van der Waals surface area contributed by atoms with E-state index in [9.17, 15) is 4.79 Å². The van der Waals surface area contributed by atoms with Gasteiger partial charge in [-0.25, -0.2) is 4.79 Å². The molecular weight excluding hydrogens is 206 g/mol. The predicted molar refractivity (Wildman–Crippen MR) is 58.2 cm³/mol. The molecule has 80 valence electrons. The minimum Gasteiger partial charge on any atom is -0.492 e. The van der Waals surface area contributed by atoms with Crippen LogP contribution >= 0.6 is 0 Å². The zero-order chi connectivity index (χ0) is 11.4. The lowest BCUT2D eigenvalue weighted by molar-refractivity contribution is 0.326. The highest BCUT2D eigenvalue weighted by molar-refractivity contribution is 5.77. The number of nitriles is 1. The van der Waals surface area contributed by atoms with Crippen LogP contribution in [0.5, 0.6) is 5.75 Å². The molecule has 2 rings (SSSR count). The van der Waals surface area contributed by atoms with Crippen LogP contribution in [0, 0.1) is 11.3 Å². The van der Waals surface area contributed by atoms with Crippen molar-refractivity contribution in [3.8, 4) is 11.8 Å². The standard InChI is InChI=1S/C12H9NO3/c13-6-1-7-15-10-4-2-9-3-5-12(14)16-11(9)8-10/h2-5,8H,1,7H2. The van der Waals surface area contributed by atoms with Crippen LogP contribution < -0.4 is 10.4 Å². The molecule has 0 amide bonds. The van der Waals surface area contributed by atoms with Crippen LogP contribution in [0.1, 0.15) is 6.42 Å². The molecule has 0 fully saturated rings. The Kier molecular flexibility index (Phi) is 2.88. The van der Waals surface area contributed by atoms with E-state index in [1.165, 1.54) is 6.07 Å². The zero-order valence-electron chi connectivity index (χ0n) is 8.47. The van der Waals surface area contributed by atoms with Gasteiger partial charge in [-0.15, -0.1) is 0 Å². The van der Waals surface area contributed by atoms with Gasteiger partial charge in [0.2, 0.25) is 0 Å². The lowest BCUT2D eigenvalue weighted by Crippen LogP contribution is -1.97. The Balaban J connectivity index is 2.29. The van der Waals surface area contributed by atoms with E-state index in [1.807, 2.05) is 6.07 Å². The molecule has 1 aromatic heterocycles. The van der Waals surface area contributed by atoms with Crippen LogP contribution in [-0.4, -0.2) is 6.61 Å². The molecule has 1 heterocycles. The van der Waals surface area contributed by atoms with Crippen molar-refractivity contribution >= 4 is 11.0 Å². The molecule has 0 bridgehead atoms. The summed E-state index contributed by atoms with van der Waals surface area (Å²) >= 11 is 0. The van der Waals surface area contributed by atoms with Gasteiger partial charge in [-0.2, -0.15) is 5.26 Å². The Morgan fingerprint density at radius 1 is 1.31 bits per heavy atom. The van der Waals surface area contributed by atoms with Crippen molar-refractivity contribution in [2.45, 2.75) is 6.42 Å². The molecule has 4 heteroatoms. The van der Waals surface area contributed by atoms with Crippen LogP contribution in [0.15, 0.2) is 39.5 Å². The molecule has 0 unspecified atom stereocenters. The van der Waals surface area contributed by atoms with Gasteiger partial charge in [-0.05, 0) is 18.2 Å². The van der Waals surface area contributed by atoms with Gasteiger partial charge < -0.3 is 9.15 Å². The zero-order valence-corrected chi connectivity index (χ0v) is 8.47. The summed E-state index contributed by atoms with van der Waals surface area (Å²) in [6.07, 6.45) is 0.330. The Bertz CT molecular complexity index is 595. The van der Waals surface area contributed by atoms with E-state index in [4.69, 9.17) is 14.4 Å². The molecular formula is C12H9NO3. The van der Waals surface area contributed by atoms with Gasteiger partial charge in [0.15, 0.2) is 0 Å². The normalized spacial score (nSPS) is 9.94. The fourth-order valence-electron chi connectivity index (χ4n) is 1.35. The highest BCUT2D eigenvalue weighted by Gasteiger charge is 1.99. The van der Waals surface area contributed by atoms with Crippen molar-refractivity contribution in [3.63, 3.8) is 0 Å². The van der Waals surface area contributed by atoms with Crippen molar-refractivity contribution in [1.82, 2.24) is 0 Å². The van der Waals surface area contributed by atoms with Crippen LogP contribution in [0.2, 0.25) is 0 Å². The van der Waals surface area contributed by atoms with Crippen LogP contribution in [0.25, 0.3) is 11.0 Å². The molecule has 0 N–H and O–H groups in total. The second-order valence-electron chi connectivity index (χ2n) is 3.21. The van der Waals surface area contributed by atoms with Gasteiger partial charge in [0, 0.05) is 17.5 Å². The van der Waals surface area contributed by atoms with E-state index in [0.717, 1.165) is 5.39 Å². The lowest BCUT2D eigenvalue weighted by Gasteiger charge is -2.03. The second-order valence-corrected chi connectivity index (χ2v) is 3.21. The second kappa shape index (κ2) is 4.49. The number of hydrogen-bond donors (Lipinski definition) is 0. The lowest BCUT2D eigenvalue weighted by atomic mass is 10.2. The fraction of sp³-hybridized carbons (Fsp3) is 0.167. The van der Waals surface area contributed by atoms with Crippen molar-refractivity contribution in [3.05, 3.63) is 40.8 Å². The average Bonchev–Trinajstić information content (AvgIpc) is 2.29. The minimum absolute atomic E-state index is 0.330. The van der Waals surface area contributed by atoms with Gasteiger partial charge >= 0.3 is 5.63 Å². The first-order valence-corrected chi connectivity index (χ1v) is 4.83. The summed E-state index contributed by atoms with van der Waals surface area (Å²) in [5.74, 6) is 0.595. The van der Waals surface area contributed by atoms with Gasteiger partial charge in [0.25, 0.3) is 0 Å². The molecule has 0 aliphatic rings. The quantitative estimate of drug-likeness (QED) is 0.580. The largest absolute Gasteiger partial charge is 0.492 e. The maximum atomic E-state index is 11.0. The fourth-order valence-corrected chi connectivity index (χ4v) is 1.35. The first-order valence-electron chi connectivity index (χ1n) is 4.83. The van der Waals surface area contributed by atoms with Gasteiger partial charge in [0.05, 0.1) is 12.5 Å². The summed E-state index contributed by atoms with van der Waals surface area (Å²) in [5.41, 5.74) is 0.101. The molecule has 4 nitrogen and oxygen atoms in total. The number of rotatable bonds is 3. The maximum absolute atomic E-state index is 11.0. The summed E-state index contributed by atoms with van der Waals surface area (Å²) in [4.78, 5) is 11.0. The average molecular weight is 215 g/mol. The topological polar surface area (TPSA) is 63.2 Å². The number of fused-ring (bicyclic) bond motifs is 1. The third-order valence-corrected chi connectivity index (χ3v) is 2.08. The molecule has 0 aliphatic heterocycles. The van der Waals surface area contributed by atoms with Crippen molar-refractivity contribution in [2.24, 2.45) is 0 Å². The Morgan fingerprint density at radius 3 is 2.94 bits per heavy atom. The number of nitrogens with zero attached hydrogens (tertiary/aromatic N) is 1. The molecule has 0 saturated carbocycles. The van der Waals surface area contributed by atoms with Crippen molar-refractivity contribution in [1.29, 1.82) is 5.26 Å². The number of benzene rings is 1. The van der Waals surface area contributed by atoms with Crippen LogP contribution in [0.4, 0.5) is 0 Å². The first-order chi connectivity index (χ1) is 7.79. The number of ether oxygens (including phenoxy) is 1. The third kappa shape index (κ3) is 2.20. The molecule has 0 atom stereocenters. The SMILES string of the molecule is N#CCCOc1ccc2ccc(=O)oc2c1. The van der Waals surface area contributed by atoms with Gasteiger partial charge in [-0.1, -0.05) is 0 Å². The Morgan fingerprint density at radius 2 is 2.12 bits per heavy atom. The first kappa shape index (κ1) is 10.2. The predicted octanol–water partition coefficient (Wildman–Crippen LogP) is 2.09. The molecule has 2 aromatic rings. The highest BCUT2D eigenvalue weighted by atomic mass is 16.5. The third-order valence-electron chi connectivity index (χ3n) is 2.08. The molecule has 0 saturated heterocycles. The Hall–Kier alpha value is -2.28. The Labute approximate surface area is 91.7 Å². The summed E-state index contributed by atoms with van der Waals surface area (Å²) in [6, 6.07) is 10.3. The van der Waals surface area contributed by atoms with Crippen molar-refractivity contribution < 1.29 is 9.15 Å². The minimum atomic E-state index is -0.387. The molecule has 0 spiro atoms. The summed E-state index contributed by atoms with van der Waals surface area (Å²) in [6.45, 7) is 0.332. The monoisotopic (exact) mass is 215 g/mol. The van der Waals surface area contributed by atoms with E-state index < -0.39 is 0 Å². The number of hydrogen-bond acceptors (Lipinski definition) is 4. The maximum Gasteiger partial charge on any atom is 0.336 e. The van der Waals surface area contributed by atoms with E-state index >= 15 is 0 Å². The molecule has 0 aliphatic carbocycles. The summed E-state index contributed by atoms with van der Waals surface area (Å²) in [5, 5.41) is 9.20. The van der Waals surface area contributed by atoms with E-state index in [1.54, 1.807) is 24.3 Å².